The Morgan fingerprint density at radius 2 is 1.82 bits per heavy atom. The van der Waals surface area contributed by atoms with E-state index in [0.717, 1.165) is 6.92 Å². The van der Waals surface area contributed by atoms with Crippen molar-refractivity contribution in [2.24, 2.45) is 0 Å². The zero-order valence-electron chi connectivity index (χ0n) is 18.3. The molecule has 0 saturated heterocycles. The summed E-state index contributed by atoms with van der Waals surface area (Å²) >= 11 is 0. The summed E-state index contributed by atoms with van der Waals surface area (Å²) in [6.07, 6.45) is -0.731. The number of hydrogen-bond acceptors (Lipinski definition) is 8. The third-order valence-corrected chi connectivity index (χ3v) is 4.78. The fourth-order valence-corrected chi connectivity index (χ4v) is 3.14. The highest BCUT2D eigenvalue weighted by Gasteiger charge is 2.28. The lowest BCUT2D eigenvalue weighted by Crippen LogP contribution is -2.46. The van der Waals surface area contributed by atoms with E-state index in [-0.39, 0.29) is 28.8 Å². The van der Waals surface area contributed by atoms with Crippen LogP contribution in [0.1, 0.15) is 42.1 Å². The van der Waals surface area contributed by atoms with Crippen LogP contribution in [0.4, 0.5) is 10.1 Å². The van der Waals surface area contributed by atoms with Crippen LogP contribution in [0.3, 0.4) is 0 Å². The molecule has 0 fully saturated rings. The minimum atomic E-state index is -1.79. The van der Waals surface area contributed by atoms with Crippen LogP contribution in [0.2, 0.25) is 0 Å². The van der Waals surface area contributed by atoms with Crippen molar-refractivity contribution in [2.75, 3.05) is 5.32 Å². The predicted octanol–water partition coefficient (Wildman–Crippen LogP) is 1.64. The van der Waals surface area contributed by atoms with Crippen molar-refractivity contribution in [3.63, 3.8) is 0 Å². The van der Waals surface area contributed by atoms with E-state index < -0.39 is 36.1 Å². The lowest BCUT2D eigenvalue weighted by atomic mass is 10.0. The summed E-state index contributed by atoms with van der Waals surface area (Å²) < 4.78 is 14.2. The number of benzene rings is 1. The summed E-state index contributed by atoms with van der Waals surface area (Å²) in [6.45, 7) is 4.30. The molecule has 2 atom stereocenters. The maximum atomic E-state index is 14.2. The number of ketones is 2. The normalized spacial score (nSPS) is 12.7. The molecule has 1 unspecified atom stereocenters. The van der Waals surface area contributed by atoms with Crippen molar-refractivity contribution < 1.29 is 18.8 Å². The van der Waals surface area contributed by atoms with E-state index in [1.165, 1.54) is 25.3 Å². The van der Waals surface area contributed by atoms with Gasteiger partial charge in [-0.05, 0) is 45.0 Å². The molecule has 1 amide bonds. The van der Waals surface area contributed by atoms with Crippen molar-refractivity contribution in [3.05, 3.63) is 57.9 Å². The molecule has 2 heterocycles. The van der Waals surface area contributed by atoms with Crippen molar-refractivity contribution in [2.45, 2.75) is 46.0 Å². The van der Waals surface area contributed by atoms with E-state index in [9.17, 15) is 23.6 Å². The van der Waals surface area contributed by atoms with Gasteiger partial charge in [-0.1, -0.05) is 0 Å². The number of rotatable bonds is 9. The van der Waals surface area contributed by atoms with Gasteiger partial charge in [-0.3, -0.25) is 19.2 Å². The van der Waals surface area contributed by atoms with Gasteiger partial charge < -0.3 is 15.6 Å². The second-order valence-corrected chi connectivity index (χ2v) is 7.60. The van der Waals surface area contributed by atoms with E-state index in [1.54, 1.807) is 19.1 Å². The van der Waals surface area contributed by atoms with E-state index in [1.807, 2.05) is 0 Å². The van der Waals surface area contributed by atoms with Gasteiger partial charge in [0.1, 0.15) is 23.8 Å². The summed E-state index contributed by atoms with van der Waals surface area (Å²) in [5.74, 6) is -1.16. The summed E-state index contributed by atoms with van der Waals surface area (Å²) in [5.41, 5.74) is 1.43. The minimum Gasteiger partial charge on any atom is -0.379 e. The van der Waals surface area contributed by atoms with E-state index in [4.69, 9.17) is 0 Å². The van der Waals surface area contributed by atoms with Crippen LogP contribution in [0.5, 0.6) is 0 Å². The number of carbonyl (C=O) groups excluding carboxylic acids is 3. The number of nitrogens with zero attached hydrogens (tertiary/aromatic N) is 3. The molecule has 172 valence electrons. The fourth-order valence-electron chi connectivity index (χ4n) is 3.14. The maximum absolute atomic E-state index is 14.2. The van der Waals surface area contributed by atoms with Crippen LogP contribution in [-0.4, -0.2) is 49.6 Å². The standard InChI is InChI=1S/C22H23FN6O4/c1-11(30)8-17(23)18(12(2)31)29-21(32)14-4-6-15(7-5-14)24-9-16-10-25-20-19(28-16)22(33)27-13(3)26-20/h4-7,10,17-18,24H,8-9H2,1-3H3,(H,29,32)(H,25,26,27,33)/t17?,18-/m0/s1/i23-1. The van der Waals surface area contributed by atoms with Gasteiger partial charge in [-0.15, -0.1) is 0 Å². The van der Waals surface area contributed by atoms with Gasteiger partial charge in [0, 0.05) is 17.7 Å². The van der Waals surface area contributed by atoms with Crippen LogP contribution in [0.25, 0.3) is 11.2 Å². The van der Waals surface area contributed by atoms with Gasteiger partial charge in [0.05, 0.1) is 18.4 Å². The van der Waals surface area contributed by atoms with Gasteiger partial charge in [-0.25, -0.2) is 19.3 Å². The number of anilines is 1. The molecule has 0 bridgehead atoms. The zero-order valence-corrected chi connectivity index (χ0v) is 18.3. The molecule has 11 heteroatoms. The predicted molar refractivity (Wildman–Crippen MR) is 119 cm³/mol. The van der Waals surface area contributed by atoms with E-state index in [2.05, 4.69) is 30.6 Å². The highest BCUT2D eigenvalue weighted by Crippen LogP contribution is 2.13. The molecule has 0 spiro atoms. The Hall–Kier alpha value is -4.02. The highest BCUT2D eigenvalue weighted by atomic mass is 18.2. The van der Waals surface area contributed by atoms with Gasteiger partial charge >= 0.3 is 0 Å². The zero-order chi connectivity index (χ0) is 24.1. The highest BCUT2D eigenvalue weighted by molar-refractivity contribution is 5.98. The average molecular weight is 453 g/mol. The first-order chi connectivity index (χ1) is 15.6. The topological polar surface area (TPSA) is 147 Å². The second kappa shape index (κ2) is 10.1. The third-order valence-electron chi connectivity index (χ3n) is 4.78. The molecule has 0 aliphatic carbocycles. The Labute approximate surface area is 188 Å². The minimum absolute atomic E-state index is 0.142. The van der Waals surface area contributed by atoms with Crippen molar-refractivity contribution in [1.82, 2.24) is 25.3 Å². The van der Waals surface area contributed by atoms with Crippen molar-refractivity contribution in [3.8, 4) is 0 Å². The average Bonchev–Trinajstić information content (AvgIpc) is 2.75. The first kappa shape index (κ1) is 23.6. The molecule has 0 radical (unpaired) electrons. The Kier molecular flexibility index (Phi) is 7.21. The Morgan fingerprint density at radius 3 is 2.45 bits per heavy atom. The lowest BCUT2D eigenvalue weighted by molar-refractivity contribution is -0.122. The van der Waals surface area contributed by atoms with Crippen LogP contribution in [-0.2, 0) is 16.1 Å². The van der Waals surface area contributed by atoms with Gasteiger partial charge in [-0.2, -0.15) is 0 Å². The number of hydrogen-bond donors (Lipinski definition) is 3. The summed E-state index contributed by atoms with van der Waals surface area (Å²) in [6, 6.07) is 4.89. The SMILES string of the molecule is CC(=O)CC([18F])[C@@H](NC(=O)c1ccc(NCc2cnc3nc(C)[nH]c(=O)c3n2)cc1)C(C)=O. The number of alkyl halides is 1. The summed E-state index contributed by atoms with van der Waals surface area (Å²) in [7, 11) is 0. The molecule has 3 N–H and O–H groups in total. The van der Waals surface area contributed by atoms with Crippen LogP contribution in [0, 0.1) is 6.92 Å². The number of H-pyrrole nitrogens is 1. The maximum Gasteiger partial charge on any atom is 0.279 e. The number of Topliss-reactive ketones (excluding diaryl/α,β-unsaturated/α-hetero) is 2. The number of nitrogens with one attached hydrogen (secondary N) is 3. The van der Waals surface area contributed by atoms with Crippen molar-refractivity contribution in [1.29, 1.82) is 0 Å². The first-order valence-electron chi connectivity index (χ1n) is 10.2. The monoisotopic (exact) mass is 453 g/mol. The molecule has 3 aromatic rings. The molecule has 33 heavy (non-hydrogen) atoms. The Bertz CT molecular complexity index is 1260. The lowest BCUT2D eigenvalue weighted by Gasteiger charge is -2.19. The number of amides is 1. The second-order valence-electron chi connectivity index (χ2n) is 7.60. The Balaban J connectivity index is 1.64. The fraction of sp³-hybridized carbons (Fsp3) is 0.318. The van der Waals surface area contributed by atoms with E-state index in [0.29, 0.717) is 17.2 Å². The molecule has 10 nitrogen and oxygen atoms in total. The van der Waals surface area contributed by atoms with Crippen LogP contribution < -0.4 is 16.2 Å². The molecule has 2 aromatic heterocycles. The smallest absolute Gasteiger partial charge is 0.279 e. The summed E-state index contributed by atoms with van der Waals surface area (Å²) in [5, 5.41) is 5.45. The van der Waals surface area contributed by atoms with Gasteiger partial charge in [0.2, 0.25) is 0 Å². The quantitative estimate of drug-likeness (QED) is 0.443. The summed E-state index contributed by atoms with van der Waals surface area (Å²) in [4.78, 5) is 62.4. The molecular weight excluding hydrogens is 430 g/mol. The number of carbonyl (C=O) groups is 3. The van der Waals surface area contributed by atoms with Gasteiger partial charge in [0.15, 0.2) is 16.9 Å². The van der Waals surface area contributed by atoms with E-state index >= 15 is 0 Å². The third kappa shape index (κ3) is 6.03. The number of aromatic nitrogens is 4. The molecule has 0 aliphatic heterocycles. The number of fused-ring (bicyclic) bond motifs is 1. The molecule has 1 aromatic carbocycles. The Morgan fingerprint density at radius 1 is 1.12 bits per heavy atom. The number of halogens is 1. The number of aryl methyl sites for hydroxylation is 1. The first-order valence-corrected chi connectivity index (χ1v) is 10.2. The molecular formula is C22H23FN6O4. The molecule has 0 aliphatic rings. The number of aromatic amines is 1. The molecule has 0 saturated carbocycles. The molecule has 3 rings (SSSR count). The van der Waals surface area contributed by atoms with Crippen molar-refractivity contribution >= 4 is 34.3 Å². The largest absolute Gasteiger partial charge is 0.379 e. The van der Waals surface area contributed by atoms with Gasteiger partial charge in [0.25, 0.3) is 11.5 Å². The van der Waals surface area contributed by atoms with Crippen LogP contribution >= 0.6 is 0 Å². The van der Waals surface area contributed by atoms with Crippen LogP contribution in [0.15, 0.2) is 35.3 Å².